The summed E-state index contributed by atoms with van der Waals surface area (Å²) in [6.07, 6.45) is 0.774. The van der Waals surface area contributed by atoms with Crippen molar-refractivity contribution in [3.8, 4) is 0 Å². The van der Waals surface area contributed by atoms with Gasteiger partial charge in [-0.3, -0.25) is 4.79 Å². The molecule has 2 atom stereocenters. The fourth-order valence-corrected chi connectivity index (χ4v) is 2.94. The summed E-state index contributed by atoms with van der Waals surface area (Å²) in [6.45, 7) is 0. The number of benzene rings is 2. The lowest BCUT2D eigenvalue weighted by Gasteiger charge is -2.05. The number of carbonyl (C=O) groups is 1. The van der Waals surface area contributed by atoms with Crippen LogP contribution in [0, 0.1) is 11.7 Å². The Morgan fingerprint density at radius 1 is 1.20 bits per heavy atom. The van der Waals surface area contributed by atoms with E-state index >= 15 is 0 Å². The summed E-state index contributed by atoms with van der Waals surface area (Å²) < 4.78 is 14.5. The van der Waals surface area contributed by atoms with Crippen LogP contribution in [0.5, 0.6) is 0 Å². The van der Waals surface area contributed by atoms with Gasteiger partial charge in [0.1, 0.15) is 0 Å². The van der Waals surface area contributed by atoms with Crippen molar-refractivity contribution in [2.24, 2.45) is 5.92 Å². The lowest BCUT2D eigenvalue weighted by atomic mass is 10.0. The Morgan fingerprint density at radius 3 is 2.60 bits per heavy atom. The Kier molecular flexibility index (Phi) is 3.65. The van der Waals surface area contributed by atoms with Crippen LogP contribution in [0.2, 0.25) is 5.02 Å². The minimum atomic E-state index is -0.634. The van der Waals surface area contributed by atoms with E-state index in [0.717, 1.165) is 12.0 Å². The average molecular weight is 354 g/mol. The lowest BCUT2D eigenvalue weighted by molar-refractivity contribution is 0.0961. The second-order valence-corrected chi connectivity index (χ2v) is 6.18. The molecule has 0 saturated heterocycles. The van der Waals surface area contributed by atoms with Gasteiger partial charge < -0.3 is 0 Å². The molecule has 0 radical (unpaired) electrons. The van der Waals surface area contributed by atoms with E-state index in [-0.39, 0.29) is 28.2 Å². The molecule has 3 rings (SSSR count). The normalized spacial score (nSPS) is 20.8. The maximum absolute atomic E-state index is 14.0. The molecule has 0 heterocycles. The molecule has 4 heteroatoms. The van der Waals surface area contributed by atoms with E-state index < -0.39 is 5.82 Å². The van der Waals surface area contributed by atoms with Crippen molar-refractivity contribution in [2.45, 2.75) is 12.3 Å². The van der Waals surface area contributed by atoms with Gasteiger partial charge in [0.05, 0.1) is 10.6 Å². The average Bonchev–Trinajstić information content (AvgIpc) is 3.26. The Bertz CT molecular complexity index is 672. The minimum absolute atomic E-state index is 0.0345. The first-order chi connectivity index (χ1) is 9.59. The first kappa shape index (κ1) is 13.8. The molecule has 1 aliphatic rings. The van der Waals surface area contributed by atoms with Crippen molar-refractivity contribution in [1.82, 2.24) is 0 Å². The molecule has 2 aromatic rings. The van der Waals surface area contributed by atoms with Crippen molar-refractivity contribution in [1.29, 1.82) is 0 Å². The van der Waals surface area contributed by atoms with Crippen molar-refractivity contribution in [2.75, 3.05) is 0 Å². The van der Waals surface area contributed by atoms with Gasteiger partial charge in [-0.1, -0.05) is 41.9 Å². The summed E-state index contributed by atoms with van der Waals surface area (Å²) in [6, 6.07) is 13.0. The number of halogens is 3. The van der Waals surface area contributed by atoms with Gasteiger partial charge in [-0.2, -0.15) is 0 Å². The van der Waals surface area contributed by atoms with Crippen LogP contribution >= 0.6 is 27.5 Å². The Balaban J connectivity index is 1.84. The van der Waals surface area contributed by atoms with Gasteiger partial charge in [-0.25, -0.2) is 4.39 Å². The highest BCUT2D eigenvalue weighted by atomic mass is 79.9. The molecule has 0 spiro atoms. The number of carbonyl (C=O) groups excluding carboxylic acids is 1. The summed E-state index contributed by atoms with van der Waals surface area (Å²) in [7, 11) is 0. The second-order valence-electron chi connectivity index (χ2n) is 4.95. The van der Waals surface area contributed by atoms with E-state index in [2.05, 4.69) is 15.9 Å². The number of ketones is 1. The van der Waals surface area contributed by atoms with E-state index in [1.165, 1.54) is 6.07 Å². The predicted octanol–water partition coefficient (Wildman–Crippen LogP) is 5.23. The second kappa shape index (κ2) is 5.30. The summed E-state index contributed by atoms with van der Waals surface area (Å²) in [5, 5.41) is -0.0345. The van der Waals surface area contributed by atoms with Crippen LogP contribution < -0.4 is 0 Å². The number of hydrogen-bond donors (Lipinski definition) is 0. The molecule has 0 aromatic heterocycles. The zero-order chi connectivity index (χ0) is 14.3. The summed E-state index contributed by atoms with van der Waals surface area (Å²) in [5.74, 6) is -0.731. The molecule has 2 aromatic carbocycles. The third kappa shape index (κ3) is 2.40. The van der Waals surface area contributed by atoms with Crippen LogP contribution in [0.1, 0.15) is 28.3 Å². The minimum Gasteiger partial charge on any atom is -0.294 e. The molecular weight excluding hydrogens is 343 g/mol. The maximum Gasteiger partial charge on any atom is 0.169 e. The predicted molar refractivity (Wildman–Crippen MR) is 80.7 cm³/mol. The molecular formula is C16H11BrClFO. The van der Waals surface area contributed by atoms with Gasteiger partial charge in [0, 0.05) is 10.4 Å². The van der Waals surface area contributed by atoms with Gasteiger partial charge in [0.15, 0.2) is 11.6 Å². The summed E-state index contributed by atoms with van der Waals surface area (Å²) in [5.41, 5.74) is 1.22. The van der Waals surface area contributed by atoms with Crippen LogP contribution in [0.25, 0.3) is 0 Å². The van der Waals surface area contributed by atoms with Crippen LogP contribution in [-0.4, -0.2) is 5.78 Å². The van der Waals surface area contributed by atoms with Crippen molar-refractivity contribution >= 4 is 33.3 Å². The van der Waals surface area contributed by atoms with Gasteiger partial charge in [0.2, 0.25) is 0 Å². The molecule has 1 nitrogen and oxygen atoms in total. The topological polar surface area (TPSA) is 17.1 Å². The van der Waals surface area contributed by atoms with E-state index in [1.807, 2.05) is 30.3 Å². The molecule has 0 N–H and O–H groups in total. The van der Waals surface area contributed by atoms with Gasteiger partial charge in [-0.15, -0.1) is 0 Å². The summed E-state index contributed by atoms with van der Waals surface area (Å²) >= 11 is 8.98. The molecule has 1 saturated carbocycles. The number of Topliss-reactive ketones (excluding diaryl/α,β-unsaturated/α-hetero) is 1. The van der Waals surface area contributed by atoms with E-state index in [0.29, 0.717) is 4.47 Å². The molecule has 20 heavy (non-hydrogen) atoms. The fourth-order valence-electron chi connectivity index (χ4n) is 2.47. The zero-order valence-electron chi connectivity index (χ0n) is 10.4. The van der Waals surface area contributed by atoms with Gasteiger partial charge >= 0.3 is 0 Å². The highest BCUT2D eigenvalue weighted by molar-refractivity contribution is 9.10. The Labute approximate surface area is 129 Å². The first-order valence-corrected chi connectivity index (χ1v) is 7.49. The molecule has 0 aliphatic heterocycles. The lowest BCUT2D eigenvalue weighted by Crippen LogP contribution is -2.06. The highest BCUT2D eigenvalue weighted by Crippen LogP contribution is 2.49. The van der Waals surface area contributed by atoms with Crippen molar-refractivity contribution < 1.29 is 9.18 Å². The molecule has 1 aliphatic carbocycles. The Hall–Kier alpha value is -1.19. The smallest absolute Gasteiger partial charge is 0.169 e. The standard InChI is InChI=1S/C16H11BrClFO/c17-13-7-6-10(15(19)14(13)18)16(20)12-8-11(12)9-4-2-1-3-5-9/h1-7,11-12H,8H2. The molecule has 0 bridgehead atoms. The number of hydrogen-bond acceptors (Lipinski definition) is 1. The van der Waals surface area contributed by atoms with Gasteiger partial charge in [0.25, 0.3) is 0 Å². The van der Waals surface area contributed by atoms with Crippen LogP contribution in [0.3, 0.4) is 0 Å². The van der Waals surface area contributed by atoms with E-state index in [9.17, 15) is 9.18 Å². The number of rotatable bonds is 3. The first-order valence-electron chi connectivity index (χ1n) is 6.32. The monoisotopic (exact) mass is 352 g/mol. The highest BCUT2D eigenvalue weighted by Gasteiger charge is 2.44. The SMILES string of the molecule is O=C(c1ccc(Br)c(Cl)c1F)C1CC1c1ccccc1. The van der Waals surface area contributed by atoms with Gasteiger partial charge in [-0.05, 0) is 46.0 Å². The van der Waals surface area contributed by atoms with Crippen molar-refractivity contribution in [3.63, 3.8) is 0 Å². The summed E-state index contributed by atoms with van der Waals surface area (Å²) in [4.78, 5) is 12.4. The molecule has 1 fully saturated rings. The maximum atomic E-state index is 14.0. The largest absolute Gasteiger partial charge is 0.294 e. The fraction of sp³-hybridized carbons (Fsp3) is 0.188. The molecule has 0 amide bonds. The van der Waals surface area contributed by atoms with Crippen molar-refractivity contribution in [3.05, 3.63) is 68.9 Å². The van der Waals surface area contributed by atoms with Crippen LogP contribution in [0.15, 0.2) is 46.9 Å². The van der Waals surface area contributed by atoms with Crippen LogP contribution in [0.4, 0.5) is 4.39 Å². The molecule has 2 unspecified atom stereocenters. The third-order valence-corrected chi connectivity index (χ3v) is 4.91. The quantitative estimate of drug-likeness (QED) is 0.545. The molecule has 102 valence electrons. The third-order valence-electron chi connectivity index (χ3n) is 3.66. The van der Waals surface area contributed by atoms with E-state index in [4.69, 9.17) is 11.6 Å². The van der Waals surface area contributed by atoms with Crippen LogP contribution in [-0.2, 0) is 0 Å². The Morgan fingerprint density at radius 2 is 1.90 bits per heavy atom. The van der Waals surface area contributed by atoms with E-state index in [1.54, 1.807) is 6.07 Å². The zero-order valence-corrected chi connectivity index (χ0v) is 12.8.